The van der Waals surface area contributed by atoms with Gasteiger partial charge in [-0.1, -0.05) is 11.2 Å². The summed E-state index contributed by atoms with van der Waals surface area (Å²) in [5, 5.41) is 0. The molecule has 0 aliphatic carbocycles. The van der Waals surface area contributed by atoms with Gasteiger partial charge in [-0.3, -0.25) is 0 Å². The van der Waals surface area contributed by atoms with Crippen molar-refractivity contribution in [3.05, 3.63) is 0 Å². The van der Waals surface area contributed by atoms with Crippen LogP contribution in [-0.4, -0.2) is 22.6 Å². The van der Waals surface area contributed by atoms with Crippen molar-refractivity contribution < 1.29 is 4.55 Å². The lowest BCUT2D eigenvalue weighted by molar-refractivity contribution is 0.502. The Morgan fingerprint density at radius 2 is 2.25 bits per heavy atom. The lowest BCUT2D eigenvalue weighted by Crippen LogP contribution is -2.37. The van der Waals surface area contributed by atoms with E-state index in [1.165, 1.54) is 0 Å². The maximum Gasteiger partial charge on any atom is 0.112 e. The van der Waals surface area contributed by atoms with Crippen molar-refractivity contribution in [3.63, 3.8) is 0 Å². The van der Waals surface area contributed by atoms with Crippen molar-refractivity contribution in [1.29, 1.82) is 0 Å². The Bertz CT molecular complexity index is 70.1. The van der Waals surface area contributed by atoms with Gasteiger partial charge in [0.2, 0.25) is 0 Å². The molecule has 0 unspecified atom stereocenters. The van der Waals surface area contributed by atoms with Crippen LogP contribution in [0.2, 0.25) is 0 Å². The first-order valence-electron chi connectivity index (χ1n) is 2.88. The fourth-order valence-electron chi connectivity index (χ4n) is 0.879. The zero-order valence-electron chi connectivity index (χ0n) is 4.80. The third kappa shape index (κ3) is 1.37. The predicted molar refractivity (Wildman–Crippen MR) is 35.0 cm³/mol. The fourth-order valence-corrected chi connectivity index (χ4v) is 2.17. The molecule has 1 heterocycles. The van der Waals surface area contributed by atoms with Gasteiger partial charge < -0.3 is 10.3 Å². The van der Waals surface area contributed by atoms with E-state index in [0.717, 1.165) is 24.5 Å². The second kappa shape index (κ2) is 2.71. The summed E-state index contributed by atoms with van der Waals surface area (Å²) in [4.78, 5) is 0. The highest BCUT2D eigenvalue weighted by Gasteiger charge is 2.30. The van der Waals surface area contributed by atoms with Crippen LogP contribution >= 0.6 is 0 Å². The molecule has 0 aromatic rings. The molecule has 1 aliphatic rings. The van der Waals surface area contributed by atoms with Gasteiger partial charge >= 0.3 is 0 Å². The van der Waals surface area contributed by atoms with Crippen LogP contribution in [0, 0.1) is 5.92 Å². The summed E-state index contributed by atoms with van der Waals surface area (Å²) in [6.07, 6.45) is 1.06. The van der Waals surface area contributed by atoms with Gasteiger partial charge in [-0.25, -0.2) is 0 Å². The van der Waals surface area contributed by atoms with E-state index < -0.39 is 11.2 Å². The number of rotatable bonds is 2. The molecule has 3 heteroatoms. The quantitative estimate of drug-likeness (QED) is 0.526. The Balaban J connectivity index is 1.98. The summed E-state index contributed by atoms with van der Waals surface area (Å²) in [5.74, 6) is 2.48. The molecule has 0 radical (unpaired) electrons. The minimum absolute atomic E-state index is 0.479. The number of hydrogen-bond donors (Lipinski definition) is 1. The molecule has 1 fully saturated rings. The molecule has 2 N–H and O–H groups in total. The third-order valence-electron chi connectivity index (χ3n) is 1.42. The maximum absolute atomic E-state index is 10.5. The van der Waals surface area contributed by atoms with Crippen molar-refractivity contribution in [2.75, 3.05) is 18.1 Å². The largest absolute Gasteiger partial charge is 0.616 e. The van der Waals surface area contributed by atoms with Crippen molar-refractivity contribution in [1.82, 2.24) is 0 Å². The van der Waals surface area contributed by atoms with E-state index >= 15 is 0 Å². The van der Waals surface area contributed by atoms with Crippen molar-refractivity contribution in [3.8, 4) is 0 Å². The predicted octanol–water partition coefficient (Wildman–Crippen LogP) is -0.286. The van der Waals surface area contributed by atoms with Crippen LogP contribution in [0.15, 0.2) is 0 Å². The molecule has 1 aliphatic heterocycles. The minimum atomic E-state index is -0.479. The Hall–Kier alpha value is 0.270. The Kier molecular flexibility index (Phi) is 2.16. The van der Waals surface area contributed by atoms with Crippen LogP contribution in [0.25, 0.3) is 0 Å². The van der Waals surface area contributed by atoms with E-state index in [4.69, 9.17) is 5.73 Å². The van der Waals surface area contributed by atoms with E-state index in [2.05, 4.69) is 0 Å². The van der Waals surface area contributed by atoms with E-state index in [0.29, 0.717) is 5.92 Å². The zero-order valence-corrected chi connectivity index (χ0v) is 5.62. The SMILES string of the molecule is NCCC1C[S+]([O-])C1. The van der Waals surface area contributed by atoms with Gasteiger partial charge in [-0.05, 0) is 13.0 Å². The Morgan fingerprint density at radius 1 is 1.62 bits per heavy atom. The molecule has 2 nitrogen and oxygen atoms in total. The highest BCUT2D eigenvalue weighted by atomic mass is 32.2. The van der Waals surface area contributed by atoms with Gasteiger partial charge in [0, 0.05) is 5.92 Å². The molecule has 48 valence electrons. The van der Waals surface area contributed by atoms with Crippen molar-refractivity contribution >= 4 is 11.2 Å². The van der Waals surface area contributed by atoms with Crippen LogP contribution in [-0.2, 0) is 11.2 Å². The van der Waals surface area contributed by atoms with Crippen LogP contribution in [0.3, 0.4) is 0 Å². The van der Waals surface area contributed by atoms with Crippen molar-refractivity contribution in [2.24, 2.45) is 11.7 Å². The highest BCUT2D eigenvalue weighted by molar-refractivity contribution is 7.92. The normalized spacial score (nSPS) is 36.8. The van der Waals surface area contributed by atoms with E-state index in [1.807, 2.05) is 0 Å². The minimum Gasteiger partial charge on any atom is -0.616 e. The zero-order chi connectivity index (χ0) is 5.98. The lowest BCUT2D eigenvalue weighted by atomic mass is 10.1. The molecule has 1 saturated heterocycles. The molecule has 0 aromatic heterocycles. The van der Waals surface area contributed by atoms with Gasteiger partial charge in [0.15, 0.2) is 0 Å². The number of nitrogens with two attached hydrogens (primary N) is 1. The first kappa shape index (κ1) is 6.39. The Labute approximate surface area is 52.6 Å². The summed E-state index contributed by atoms with van der Waals surface area (Å²) in [7, 11) is 0. The lowest BCUT2D eigenvalue weighted by Gasteiger charge is -2.28. The summed E-state index contributed by atoms with van der Waals surface area (Å²) in [6, 6.07) is 0. The summed E-state index contributed by atoms with van der Waals surface area (Å²) < 4.78 is 10.5. The molecule has 0 saturated carbocycles. The van der Waals surface area contributed by atoms with E-state index in [-0.39, 0.29) is 0 Å². The molecule has 1 rings (SSSR count). The monoisotopic (exact) mass is 133 g/mol. The van der Waals surface area contributed by atoms with Crippen LogP contribution < -0.4 is 5.73 Å². The average molecular weight is 133 g/mol. The first-order chi connectivity index (χ1) is 3.83. The van der Waals surface area contributed by atoms with Crippen LogP contribution in [0.1, 0.15) is 6.42 Å². The molecular formula is C5H11NOS. The maximum atomic E-state index is 10.5. The van der Waals surface area contributed by atoms with Crippen LogP contribution in [0.4, 0.5) is 0 Å². The number of hydrogen-bond acceptors (Lipinski definition) is 2. The average Bonchev–Trinajstić information content (AvgIpc) is 1.64. The smallest absolute Gasteiger partial charge is 0.112 e. The molecule has 8 heavy (non-hydrogen) atoms. The molecule has 0 aromatic carbocycles. The second-order valence-electron chi connectivity index (χ2n) is 2.22. The van der Waals surface area contributed by atoms with Gasteiger partial charge in [0.05, 0.1) is 0 Å². The molecule has 0 amide bonds. The summed E-state index contributed by atoms with van der Waals surface area (Å²) in [6.45, 7) is 0.752. The second-order valence-corrected chi connectivity index (χ2v) is 3.76. The van der Waals surface area contributed by atoms with Crippen molar-refractivity contribution in [2.45, 2.75) is 6.42 Å². The first-order valence-corrected chi connectivity index (χ1v) is 4.37. The van der Waals surface area contributed by atoms with E-state index in [9.17, 15) is 4.55 Å². The molecule has 0 spiro atoms. The Morgan fingerprint density at radius 3 is 2.62 bits per heavy atom. The van der Waals surface area contributed by atoms with Gasteiger partial charge in [0.25, 0.3) is 0 Å². The van der Waals surface area contributed by atoms with Crippen LogP contribution in [0.5, 0.6) is 0 Å². The van der Waals surface area contributed by atoms with E-state index in [1.54, 1.807) is 0 Å². The van der Waals surface area contributed by atoms with Gasteiger partial charge in [0.1, 0.15) is 11.5 Å². The molecular weight excluding hydrogens is 122 g/mol. The molecule has 0 bridgehead atoms. The summed E-state index contributed by atoms with van der Waals surface area (Å²) >= 11 is -0.479. The van der Waals surface area contributed by atoms with Gasteiger partial charge in [-0.2, -0.15) is 0 Å². The third-order valence-corrected chi connectivity index (χ3v) is 3.10. The fraction of sp³-hybridized carbons (Fsp3) is 1.00. The highest BCUT2D eigenvalue weighted by Crippen LogP contribution is 2.20. The van der Waals surface area contributed by atoms with Gasteiger partial charge in [-0.15, -0.1) is 0 Å². The topological polar surface area (TPSA) is 49.1 Å². The standard InChI is InChI=1S/C5H11NOS/c6-2-1-5-3-8(7)4-5/h5H,1-4,6H2. The molecule has 0 atom stereocenters. The summed E-state index contributed by atoms with van der Waals surface area (Å²) in [5.41, 5.74) is 5.29.